The minimum Gasteiger partial charge on any atom is -0.340 e. The van der Waals surface area contributed by atoms with Crippen molar-refractivity contribution in [2.24, 2.45) is 0 Å². The van der Waals surface area contributed by atoms with Gasteiger partial charge in [-0.05, 0) is 37.6 Å². The first-order valence-corrected chi connectivity index (χ1v) is 8.29. The van der Waals surface area contributed by atoms with Crippen LogP contribution in [0.15, 0.2) is 36.4 Å². The number of imidazole rings is 1. The fourth-order valence-corrected chi connectivity index (χ4v) is 2.76. The minimum atomic E-state index is 0.393. The first-order valence-electron chi connectivity index (χ1n) is 8.29. The van der Waals surface area contributed by atoms with Gasteiger partial charge in [0.2, 0.25) is 0 Å². The summed E-state index contributed by atoms with van der Waals surface area (Å²) in [7, 11) is 0. The molecular formula is C19H24N4. The lowest BCUT2D eigenvalue weighted by Gasteiger charge is -2.10. The van der Waals surface area contributed by atoms with E-state index in [0.29, 0.717) is 5.92 Å². The molecule has 120 valence electrons. The number of nitrogens with one attached hydrogen (secondary N) is 1. The number of aromatic nitrogens is 3. The molecule has 0 bridgehead atoms. The Labute approximate surface area is 137 Å². The van der Waals surface area contributed by atoms with E-state index in [2.05, 4.69) is 67.9 Å². The highest BCUT2D eigenvalue weighted by molar-refractivity contribution is 5.75. The molecule has 23 heavy (non-hydrogen) atoms. The number of aryl methyl sites for hydroxylation is 2. The number of benzene rings is 1. The summed E-state index contributed by atoms with van der Waals surface area (Å²) < 4.78 is 2.25. The molecule has 1 aromatic carbocycles. The molecule has 0 aliphatic carbocycles. The van der Waals surface area contributed by atoms with E-state index < -0.39 is 0 Å². The standard InChI is InChI=1S/C19H24N4/c1-5-12-23-18(13(2)3)21-16-10-11-17(22-19(16)23)20-15-8-6-14(4)7-9-15/h6-11,13H,5,12H2,1-4H3,(H,20,22). The third-order valence-electron chi connectivity index (χ3n) is 3.91. The number of rotatable bonds is 5. The summed E-state index contributed by atoms with van der Waals surface area (Å²) >= 11 is 0. The van der Waals surface area contributed by atoms with E-state index in [9.17, 15) is 0 Å². The van der Waals surface area contributed by atoms with Crippen molar-refractivity contribution in [3.05, 3.63) is 47.8 Å². The van der Waals surface area contributed by atoms with Crippen LogP contribution in [0, 0.1) is 6.92 Å². The smallest absolute Gasteiger partial charge is 0.162 e. The van der Waals surface area contributed by atoms with Crippen LogP contribution >= 0.6 is 0 Å². The van der Waals surface area contributed by atoms with Crippen molar-refractivity contribution < 1.29 is 0 Å². The molecule has 1 N–H and O–H groups in total. The maximum absolute atomic E-state index is 4.80. The van der Waals surface area contributed by atoms with E-state index in [1.807, 2.05) is 6.07 Å². The van der Waals surface area contributed by atoms with Gasteiger partial charge in [0.15, 0.2) is 5.65 Å². The predicted molar refractivity (Wildman–Crippen MR) is 96.4 cm³/mol. The quantitative estimate of drug-likeness (QED) is 0.720. The zero-order valence-electron chi connectivity index (χ0n) is 14.3. The summed E-state index contributed by atoms with van der Waals surface area (Å²) in [5, 5.41) is 3.38. The second-order valence-electron chi connectivity index (χ2n) is 6.31. The van der Waals surface area contributed by atoms with E-state index in [4.69, 9.17) is 9.97 Å². The number of fused-ring (bicyclic) bond motifs is 1. The SMILES string of the molecule is CCCn1c(C(C)C)nc2ccc(Nc3ccc(C)cc3)nc21. The van der Waals surface area contributed by atoms with Crippen LogP contribution in [-0.2, 0) is 6.54 Å². The van der Waals surface area contributed by atoms with Gasteiger partial charge in [-0.1, -0.05) is 38.5 Å². The molecule has 0 aliphatic rings. The normalized spacial score (nSPS) is 11.3. The van der Waals surface area contributed by atoms with Crippen LogP contribution < -0.4 is 5.32 Å². The van der Waals surface area contributed by atoms with Crippen LogP contribution in [-0.4, -0.2) is 14.5 Å². The average molecular weight is 308 g/mol. The van der Waals surface area contributed by atoms with Crippen molar-refractivity contribution in [2.75, 3.05) is 5.32 Å². The number of nitrogens with zero attached hydrogens (tertiary/aromatic N) is 3. The predicted octanol–water partition coefficient (Wildman–Crippen LogP) is 5.02. The van der Waals surface area contributed by atoms with Crippen molar-refractivity contribution in [3.63, 3.8) is 0 Å². The fraction of sp³-hybridized carbons (Fsp3) is 0.368. The Bertz CT molecular complexity index is 800. The van der Waals surface area contributed by atoms with Gasteiger partial charge in [-0.25, -0.2) is 9.97 Å². The van der Waals surface area contributed by atoms with E-state index in [1.165, 1.54) is 5.56 Å². The van der Waals surface area contributed by atoms with Gasteiger partial charge < -0.3 is 9.88 Å². The third kappa shape index (κ3) is 3.21. The summed E-state index contributed by atoms with van der Waals surface area (Å²) in [5.74, 6) is 2.36. The van der Waals surface area contributed by atoms with E-state index in [0.717, 1.165) is 41.5 Å². The van der Waals surface area contributed by atoms with Gasteiger partial charge in [0.1, 0.15) is 17.2 Å². The average Bonchev–Trinajstić information content (AvgIpc) is 2.89. The molecule has 0 saturated heterocycles. The highest BCUT2D eigenvalue weighted by Gasteiger charge is 2.14. The van der Waals surface area contributed by atoms with Crippen LogP contribution in [0.2, 0.25) is 0 Å². The summed E-state index contributed by atoms with van der Waals surface area (Å²) in [5.41, 5.74) is 4.24. The van der Waals surface area contributed by atoms with Gasteiger partial charge in [-0.2, -0.15) is 0 Å². The summed E-state index contributed by atoms with van der Waals surface area (Å²) in [6.07, 6.45) is 1.07. The summed E-state index contributed by atoms with van der Waals surface area (Å²) in [6, 6.07) is 12.4. The second-order valence-corrected chi connectivity index (χ2v) is 6.31. The molecule has 3 rings (SSSR count). The number of pyridine rings is 1. The highest BCUT2D eigenvalue weighted by atomic mass is 15.1. The van der Waals surface area contributed by atoms with Gasteiger partial charge in [0.05, 0.1) is 0 Å². The van der Waals surface area contributed by atoms with E-state index >= 15 is 0 Å². The van der Waals surface area contributed by atoms with E-state index in [1.54, 1.807) is 0 Å². The maximum Gasteiger partial charge on any atom is 0.162 e. The van der Waals surface area contributed by atoms with Crippen LogP contribution in [0.25, 0.3) is 11.2 Å². The Morgan fingerprint density at radius 3 is 2.43 bits per heavy atom. The fourth-order valence-electron chi connectivity index (χ4n) is 2.76. The maximum atomic E-state index is 4.80. The van der Waals surface area contributed by atoms with Gasteiger partial charge in [0.25, 0.3) is 0 Å². The zero-order chi connectivity index (χ0) is 16.4. The van der Waals surface area contributed by atoms with Crippen molar-refractivity contribution >= 4 is 22.7 Å². The first kappa shape index (κ1) is 15.5. The lowest BCUT2D eigenvalue weighted by atomic mass is 10.2. The molecule has 0 atom stereocenters. The molecule has 2 heterocycles. The lowest BCUT2D eigenvalue weighted by molar-refractivity contribution is 0.620. The van der Waals surface area contributed by atoms with E-state index in [-0.39, 0.29) is 0 Å². The van der Waals surface area contributed by atoms with Crippen LogP contribution in [0.3, 0.4) is 0 Å². The molecule has 0 unspecified atom stereocenters. The van der Waals surface area contributed by atoms with Gasteiger partial charge in [-0.15, -0.1) is 0 Å². The highest BCUT2D eigenvalue weighted by Crippen LogP contribution is 2.24. The van der Waals surface area contributed by atoms with Gasteiger partial charge >= 0.3 is 0 Å². The Morgan fingerprint density at radius 2 is 1.78 bits per heavy atom. The Hall–Kier alpha value is -2.36. The molecule has 4 nitrogen and oxygen atoms in total. The van der Waals surface area contributed by atoms with Crippen LogP contribution in [0.5, 0.6) is 0 Å². The number of hydrogen-bond acceptors (Lipinski definition) is 3. The van der Waals surface area contributed by atoms with Gasteiger partial charge in [-0.3, -0.25) is 0 Å². The molecule has 0 saturated carbocycles. The second kappa shape index (κ2) is 6.41. The number of hydrogen-bond donors (Lipinski definition) is 1. The molecule has 3 aromatic rings. The van der Waals surface area contributed by atoms with Crippen LogP contribution in [0.1, 0.15) is 44.5 Å². The molecule has 0 amide bonds. The molecular weight excluding hydrogens is 284 g/mol. The Morgan fingerprint density at radius 1 is 1.04 bits per heavy atom. The first-order chi connectivity index (χ1) is 11.1. The minimum absolute atomic E-state index is 0.393. The molecule has 0 fully saturated rings. The van der Waals surface area contributed by atoms with Crippen molar-refractivity contribution in [1.29, 1.82) is 0 Å². The van der Waals surface area contributed by atoms with Crippen LogP contribution in [0.4, 0.5) is 11.5 Å². The number of anilines is 2. The Kier molecular flexibility index (Phi) is 4.33. The van der Waals surface area contributed by atoms with Crippen molar-refractivity contribution in [3.8, 4) is 0 Å². The van der Waals surface area contributed by atoms with Gasteiger partial charge in [0, 0.05) is 18.2 Å². The monoisotopic (exact) mass is 308 g/mol. The third-order valence-corrected chi connectivity index (χ3v) is 3.91. The topological polar surface area (TPSA) is 42.7 Å². The Balaban J connectivity index is 1.99. The molecule has 0 spiro atoms. The molecule has 2 aromatic heterocycles. The summed E-state index contributed by atoms with van der Waals surface area (Å²) in [6.45, 7) is 9.58. The molecule has 0 radical (unpaired) electrons. The van der Waals surface area contributed by atoms with Crippen molar-refractivity contribution in [2.45, 2.75) is 46.6 Å². The molecule has 0 aliphatic heterocycles. The lowest BCUT2D eigenvalue weighted by Crippen LogP contribution is -2.06. The summed E-state index contributed by atoms with van der Waals surface area (Å²) in [4.78, 5) is 9.57. The molecule has 4 heteroatoms. The largest absolute Gasteiger partial charge is 0.340 e. The van der Waals surface area contributed by atoms with Crippen molar-refractivity contribution in [1.82, 2.24) is 14.5 Å². The zero-order valence-corrected chi connectivity index (χ0v) is 14.3.